The van der Waals surface area contributed by atoms with Gasteiger partial charge in [0.2, 0.25) is 5.78 Å². The molecule has 1 heterocycles. The third-order valence-electron chi connectivity index (χ3n) is 5.15. The number of benzene rings is 2. The van der Waals surface area contributed by atoms with Crippen molar-refractivity contribution in [2.45, 2.75) is 24.8 Å². The molecule has 1 aliphatic rings. The SMILES string of the molecule is CON(C)C(=O)C(=O)C[C@H]1C[C@@H](c2ccccc2)N(C)c2ccccc21. The highest BCUT2D eigenvalue weighted by molar-refractivity contribution is 6.35. The quantitative estimate of drug-likeness (QED) is 0.612. The Bertz CT molecular complexity index is 791. The molecule has 1 aliphatic heterocycles. The van der Waals surface area contributed by atoms with Gasteiger partial charge in [-0.1, -0.05) is 48.5 Å². The van der Waals surface area contributed by atoms with E-state index in [1.54, 1.807) is 0 Å². The molecular weight excluding hydrogens is 328 g/mol. The minimum absolute atomic E-state index is 0.00527. The lowest BCUT2D eigenvalue weighted by Crippen LogP contribution is -2.36. The van der Waals surface area contributed by atoms with Gasteiger partial charge in [-0.05, 0) is 29.5 Å². The Balaban J connectivity index is 1.90. The number of fused-ring (bicyclic) bond motifs is 1. The van der Waals surface area contributed by atoms with Gasteiger partial charge in [-0.3, -0.25) is 14.4 Å². The highest BCUT2D eigenvalue weighted by Gasteiger charge is 2.34. The molecule has 2 aromatic carbocycles. The number of Topliss-reactive ketones (excluding diaryl/α,β-unsaturated/α-hetero) is 1. The van der Waals surface area contributed by atoms with E-state index in [1.165, 1.54) is 19.7 Å². The van der Waals surface area contributed by atoms with E-state index in [2.05, 4.69) is 36.2 Å². The van der Waals surface area contributed by atoms with E-state index >= 15 is 0 Å². The van der Waals surface area contributed by atoms with E-state index in [1.807, 2.05) is 30.3 Å². The molecule has 2 atom stereocenters. The highest BCUT2D eigenvalue weighted by Crippen LogP contribution is 2.45. The molecule has 0 aliphatic carbocycles. The maximum Gasteiger partial charge on any atom is 0.313 e. The summed E-state index contributed by atoms with van der Waals surface area (Å²) in [6.45, 7) is 0. The number of hydrogen-bond donors (Lipinski definition) is 0. The van der Waals surface area contributed by atoms with E-state index in [-0.39, 0.29) is 18.4 Å². The number of carbonyl (C=O) groups excluding carboxylic acids is 2. The Hall–Kier alpha value is -2.66. The molecule has 0 spiro atoms. The number of carbonyl (C=O) groups is 2. The third-order valence-corrected chi connectivity index (χ3v) is 5.15. The van der Waals surface area contributed by atoms with Gasteiger partial charge < -0.3 is 4.90 Å². The number of likely N-dealkylation sites (N-methyl/N-ethyl adjacent to an activating group) is 1. The molecule has 0 unspecified atom stereocenters. The number of hydroxylamine groups is 2. The maximum atomic E-state index is 12.5. The monoisotopic (exact) mass is 352 g/mol. The summed E-state index contributed by atoms with van der Waals surface area (Å²) in [7, 11) is 4.91. The lowest BCUT2D eigenvalue weighted by atomic mass is 9.80. The second-order valence-electron chi connectivity index (χ2n) is 6.64. The number of hydrogen-bond acceptors (Lipinski definition) is 4. The smallest absolute Gasteiger partial charge is 0.313 e. The Labute approximate surface area is 154 Å². The van der Waals surface area contributed by atoms with Crippen LogP contribution >= 0.6 is 0 Å². The number of para-hydroxylation sites is 1. The zero-order valence-electron chi connectivity index (χ0n) is 15.4. The van der Waals surface area contributed by atoms with Gasteiger partial charge >= 0.3 is 5.91 Å². The highest BCUT2D eigenvalue weighted by atomic mass is 16.7. The van der Waals surface area contributed by atoms with Crippen LogP contribution in [0.25, 0.3) is 0 Å². The van der Waals surface area contributed by atoms with Gasteiger partial charge in [0.15, 0.2) is 0 Å². The Morgan fingerprint density at radius 1 is 1.12 bits per heavy atom. The van der Waals surface area contributed by atoms with Crippen molar-refractivity contribution in [3.8, 4) is 0 Å². The van der Waals surface area contributed by atoms with Crippen LogP contribution in [0.3, 0.4) is 0 Å². The van der Waals surface area contributed by atoms with Gasteiger partial charge in [0.25, 0.3) is 0 Å². The Morgan fingerprint density at radius 3 is 2.46 bits per heavy atom. The number of nitrogens with zero attached hydrogens (tertiary/aromatic N) is 2. The predicted molar refractivity (Wildman–Crippen MR) is 101 cm³/mol. The standard InChI is InChI=1S/C21H24N2O3/c1-22-18-12-8-7-11-17(18)16(14-20(24)21(25)23(2)26-3)13-19(22)15-9-5-4-6-10-15/h4-12,16,19H,13-14H2,1-3H3/t16-,19+/m1/s1. The summed E-state index contributed by atoms with van der Waals surface area (Å²) in [5.74, 6) is -1.04. The largest absolute Gasteiger partial charge is 0.367 e. The van der Waals surface area contributed by atoms with Crippen molar-refractivity contribution in [3.63, 3.8) is 0 Å². The molecule has 0 saturated heterocycles. The summed E-state index contributed by atoms with van der Waals surface area (Å²) >= 11 is 0. The van der Waals surface area contributed by atoms with E-state index in [9.17, 15) is 9.59 Å². The second-order valence-corrected chi connectivity index (χ2v) is 6.64. The van der Waals surface area contributed by atoms with Crippen molar-refractivity contribution in [3.05, 3.63) is 65.7 Å². The molecule has 0 fully saturated rings. The molecule has 3 rings (SSSR count). The molecule has 0 bridgehead atoms. The molecule has 0 radical (unpaired) electrons. The minimum atomic E-state index is -0.611. The molecule has 0 N–H and O–H groups in total. The summed E-state index contributed by atoms with van der Waals surface area (Å²) in [6, 6.07) is 18.6. The fourth-order valence-corrected chi connectivity index (χ4v) is 3.67. The summed E-state index contributed by atoms with van der Waals surface area (Å²) in [5.41, 5.74) is 3.43. The number of rotatable bonds is 5. The topological polar surface area (TPSA) is 49.9 Å². The lowest BCUT2D eigenvalue weighted by molar-refractivity contribution is -0.173. The van der Waals surface area contributed by atoms with Crippen LogP contribution in [0.15, 0.2) is 54.6 Å². The van der Waals surface area contributed by atoms with Gasteiger partial charge in [-0.15, -0.1) is 0 Å². The summed E-state index contributed by atoms with van der Waals surface area (Å²) in [6.07, 6.45) is 0.966. The minimum Gasteiger partial charge on any atom is -0.367 e. The van der Waals surface area contributed by atoms with E-state index in [0.717, 1.165) is 22.7 Å². The average molecular weight is 352 g/mol. The first-order valence-electron chi connectivity index (χ1n) is 8.74. The van der Waals surface area contributed by atoms with Crippen LogP contribution in [-0.2, 0) is 14.4 Å². The van der Waals surface area contributed by atoms with Crippen LogP contribution in [0.2, 0.25) is 0 Å². The van der Waals surface area contributed by atoms with Crippen molar-refractivity contribution in [2.24, 2.45) is 0 Å². The van der Waals surface area contributed by atoms with Crippen LogP contribution < -0.4 is 4.90 Å². The van der Waals surface area contributed by atoms with Crippen molar-refractivity contribution in [1.29, 1.82) is 0 Å². The summed E-state index contributed by atoms with van der Waals surface area (Å²) in [4.78, 5) is 31.7. The number of anilines is 1. The van der Waals surface area contributed by atoms with Crippen molar-refractivity contribution in [1.82, 2.24) is 5.06 Å². The molecule has 5 heteroatoms. The van der Waals surface area contributed by atoms with E-state index < -0.39 is 11.7 Å². The van der Waals surface area contributed by atoms with Crippen molar-refractivity contribution < 1.29 is 14.4 Å². The van der Waals surface area contributed by atoms with Crippen LogP contribution in [0.1, 0.15) is 35.9 Å². The van der Waals surface area contributed by atoms with Crippen LogP contribution in [0.4, 0.5) is 5.69 Å². The normalized spacial score (nSPS) is 19.0. The molecular formula is C21H24N2O3. The number of amides is 1. The molecule has 0 aromatic heterocycles. The predicted octanol–water partition coefficient (Wildman–Crippen LogP) is 3.33. The lowest BCUT2D eigenvalue weighted by Gasteiger charge is -2.40. The summed E-state index contributed by atoms with van der Waals surface area (Å²) in [5, 5.41) is 0.984. The first-order valence-corrected chi connectivity index (χ1v) is 8.74. The van der Waals surface area contributed by atoms with Gasteiger partial charge in [0.1, 0.15) is 0 Å². The first-order chi connectivity index (χ1) is 12.5. The van der Waals surface area contributed by atoms with Crippen molar-refractivity contribution >= 4 is 17.4 Å². The van der Waals surface area contributed by atoms with E-state index in [4.69, 9.17) is 4.84 Å². The molecule has 5 nitrogen and oxygen atoms in total. The van der Waals surface area contributed by atoms with Crippen molar-refractivity contribution in [2.75, 3.05) is 26.1 Å². The second kappa shape index (κ2) is 7.70. The average Bonchev–Trinajstić information content (AvgIpc) is 2.69. The van der Waals surface area contributed by atoms with Crippen LogP contribution in [-0.4, -0.2) is 38.0 Å². The zero-order chi connectivity index (χ0) is 18.7. The third kappa shape index (κ3) is 3.48. The molecule has 26 heavy (non-hydrogen) atoms. The molecule has 1 amide bonds. The van der Waals surface area contributed by atoms with Crippen LogP contribution in [0, 0.1) is 0 Å². The maximum absolute atomic E-state index is 12.5. The molecule has 2 aromatic rings. The molecule has 136 valence electrons. The van der Waals surface area contributed by atoms with Gasteiger partial charge in [-0.25, -0.2) is 5.06 Å². The fraction of sp³-hybridized carbons (Fsp3) is 0.333. The van der Waals surface area contributed by atoms with E-state index in [0.29, 0.717) is 0 Å². The fourth-order valence-electron chi connectivity index (χ4n) is 3.67. The van der Waals surface area contributed by atoms with Crippen LogP contribution in [0.5, 0.6) is 0 Å². The van der Waals surface area contributed by atoms with Gasteiger partial charge in [0, 0.05) is 26.2 Å². The summed E-state index contributed by atoms with van der Waals surface area (Å²) < 4.78 is 0. The van der Waals surface area contributed by atoms with Gasteiger partial charge in [0.05, 0.1) is 13.2 Å². The van der Waals surface area contributed by atoms with Gasteiger partial charge in [-0.2, -0.15) is 0 Å². The Morgan fingerprint density at radius 2 is 1.77 bits per heavy atom. The Kier molecular flexibility index (Phi) is 5.38. The zero-order valence-corrected chi connectivity index (χ0v) is 15.4. The first kappa shape index (κ1) is 18.1. The number of ketones is 1. The molecule has 0 saturated carbocycles.